The Morgan fingerprint density at radius 3 is 2.48 bits per heavy atom. The van der Waals surface area contributed by atoms with Crippen molar-refractivity contribution in [3.05, 3.63) is 10.6 Å². The van der Waals surface area contributed by atoms with Crippen LogP contribution in [0, 0.1) is 0 Å². The Morgan fingerprint density at radius 2 is 2.00 bits per heavy atom. The van der Waals surface area contributed by atoms with E-state index in [0.717, 1.165) is 17.6 Å². The van der Waals surface area contributed by atoms with Crippen LogP contribution in [-0.2, 0) is 14.6 Å². The van der Waals surface area contributed by atoms with Gasteiger partial charge < -0.3 is 9.64 Å². The standard InChI is InChI=1S/C12H18N2O5S2/c1-5-19-11(16)9-10(8(2)15)20-12(13-9)14(3)6-7-21(4,17)18/h5-7H2,1-4H3. The second-order valence-corrected chi connectivity index (χ2v) is 7.74. The second kappa shape index (κ2) is 6.99. The van der Waals surface area contributed by atoms with Crippen molar-refractivity contribution in [3.63, 3.8) is 0 Å². The molecule has 0 aromatic carbocycles. The van der Waals surface area contributed by atoms with Crippen molar-refractivity contribution in [3.8, 4) is 0 Å². The number of aromatic nitrogens is 1. The summed E-state index contributed by atoms with van der Waals surface area (Å²) >= 11 is 1.05. The van der Waals surface area contributed by atoms with Crippen LogP contribution in [0.15, 0.2) is 0 Å². The van der Waals surface area contributed by atoms with E-state index in [0.29, 0.717) is 5.13 Å². The summed E-state index contributed by atoms with van der Waals surface area (Å²) in [6.45, 7) is 3.42. The van der Waals surface area contributed by atoms with Gasteiger partial charge in [-0.25, -0.2) is 18.2 Å². The largest absolute Gasteiger partial charge is 0.461 e. The highest BCUT2D eigenvalue weighted by Gasteiger charge is 2.23. The smallest absolute Gasteiger partial charge is 0.358 e. The van der Waals surface area contributed by atoms with Crippen molar-refractivity contribution >= 4 is 38.1 Å². The van der Waals surface area contributed by atoms with Crippen LogP contribution in [-0.4, -0.2) is 57.4 Å². The number of ether oxygens (including phenoxy) is 1. The number of anilines is 1. The van der Waals surface area contributed by atoms with Crippen molar-refractivity contribution in [2.24, 2.45) is 0 Å². The topological polar surface area (TPSA) is 93.6 Å². The lowest BCUT2D eigenvalue weighted by Crippen LogP contribution is -2.24. The third-order valence-corrected chi connectivity index (χ3v) is 4.72. The second-order valence-electron chi connectivity index (χ2n) is 4.50. The summed E-state index contributed by atoms with van der Waals surface area (Å²) in [5, 5.41) is 0.409. The highest BCUT2D eigenvalue weighted by Crippen LogP contribution is 2.26. The molecule has 0 atom stereocenters. The average Bonchev–Trinajstić information content (AvgIpc) is 2.80. The molecule has 0 amide bonds. The predicted molar refractivity (Wildman–Crippen MR) is 81.1 cm³/mol. The molecule has 1 rings (SSSR count). The Hall–Kier alpha value is -1.48. The lowest BCUT2D eigenvalue weighted by Gasteiger charge is -2.14. The molecule has 0 saturated carbocycles. The van der Waals surface area contributed by atoms with Gasteiger partial charge in [0, 0.05) is 26.8 Å². The summed E-state index contributed by atoms with van der Waals surface area (Å²) in [4.78, 5) is 29.3. The van der Waals surface area contributed by atoms with Crippen molar-refractivity contribution in [2.45, 2.75) is 13.8 Å². The first kappa shape index (κ1) is 17.6. The maximum atomic E-state index is 11.8. The number of nitrogens with zero attached hydrogens (tertiary/aromatic N) is 2. The van der Waals surface area contributed by atoms with E-state index in [-0.39, 0.29) is 35.3 Å². The van der Waals surface area contributed by atoms with E-state index in [1.807, 2.05) is 0 Å². The Labute approximate surface area is 127 Å². The van der Waals surface area contributed by atoms with Crippen LogP contribution in [0.25, 0.3) is 0 Å². The number of thiazole rings is 1. The molecule has 21 heavy (non-hydrogen) atoms. The van der Waals surface area contributed by atoms with E-state index in [9.17, 15) is 18.0 Å². The third kappa shape index (κ3) is 5.09. The Balaban J connectivity index is 3.01. The van der Waals surface area contributed by atoms with Gasteiger partial charge in [0.1, 0.15) is 14.7 Å². The van der Waals surface area contributed by atoms with Crippen molar-refractivity contribution in [1.29, 1.82) is 0 Å². The number of Topliss-reactive ketones (excluding diaryl/α,β-unsaturated/α-hetero) is 1. The molecular formula is C12H18N2O5S2. The van der Waals surface area contributed by atoms with Gasteiger partial charge in [-0.3, -0.25) is 4.79 Å². The summed E-state index contributed by atoms with van der Waals surface area (Å²) in [7, 11) is -1.44. The zero-order valence-corrected chi connectivity index (χ0v) is 14.0. The van der Waals surface area contributed by atoms with Gasteiger partial charge >= 0.3 is 5.97 Å². The van der Waals surface area contributed by atoms with Gasteiger partial charge in [-0.15, -0.1) is 0 Å². The maximum Gasteiger partial charge on any atom is 0.358 e. The van der Waals surface area contributed by atoms with Crippen LogP contribution in [0.5, 0.6) is 0 Å². The molecular weight excluding hydrogens is 316 g/mol. The molecule has 0 spiro atoms. The van der Waals surface area contributed by atoms with Crippen LogP contribution in [0.1, 0.15) is 34.0 Å². The van der Waals surface area contributed by atoms with Crippen LogP contribution in [0.3, 0.4) is 0 Å². The minimum Gasteiger partial charge on any atom is -0.461 e. The number of carbonyl (C=O) groups excluding carboxylic acids is 2. The summed E-state index contributed by atoms with van der Waals surface area (Å²) in [6.07, 6.45) is 1.15. The minimum atomic E-state index is -3.10. The molecule has 0 N–H and O–H groups in total. The molecule has 0 radical (unpaired) electrons. The number of carbonyl (C=O) groups is 2. The van der Waals surface area contributed by atoms with Crippen LogP contribution in [0.2, 0.25) is 0 Å². The lowest BCUT2D eigenvalue weighted by atomic mass is 10.3. The van der Waals surface area contributed by atoms with Gasteiger partial charge in [-0.1, -0.05) is 11.3 Å². The molecule has 7 nitrogen and oxygen atoms in total. The molecule has 9 heteroatoms. The van der Waals surface area contributed by atoms with Crippen LogP contribution >= 0.6 is 11.3 Å². The quantitative estimate of drug-likeness (QED) is 0.542. The van der Waals surface area contributed by atoms with Crippen LogP contribution in [0.4, 0.5) is 5.13 Å². The van der Waals surface area contributed by atoms with E-state index in [4.69, 9.17) is 4.74 Å². The van der Waals surface area contributed by atoms with Crippen molar-refractivity contribution in [1.82, 2.24) is 4.98 Å². The molecule has 1 aromatic rings. The highest BCUT2D eigenvalue weighted by atomic mass is 32.2. The number of sulfone groups is 1. The number of ketones is 1. The summed E-state index contributed by atoms with van der Waals surface area (Å²) < 4.78 is 27.2. The van der Waals surface area contributed by atoms with E-state index in [2.05, 4.69) is 4.98 Å². The molecule has 0 aliphatic rings. The fourth-order valence-electron chi connectivity index (χ4n) is 1.45. The monoisotopic (exact) mass is 334 g/mol. The first-order valence-electron chi connectivity index (χ1n) is 6.23. The molecule has 1 heterocycles. The number of rotatable bonds is 7. The molecule has 1 aromatic heterocycles. The molecule has 0 unspecified atom stereocenters. The number of esters is 1. The minimum absolute atomic E-state index is 0.0180. The normalized spacial score (nSPS) is 11.2. The molecule has 0 saturated heterocycles. The average molecular weight is 334 g/mol. The molecule has 0 aliphatic carbocycles. The molecule has 0 bridgehead atoms. The molecule has 0 aliphatic heterocycles. The SMILES string of the molecule is CCOC(=O)c1nc(N(C)CCS(C)(=O)=O)sc1C(C)=O. The van der Waals surface area contributed by atoms with E-state index in [1.165, 1.54) is 6.92 Å². The van der Waals surface area contributed by atoms with Gasteiger partial charge in [0.15, 0.2) is 16.6 Å². The molecule has 118 valence electrons. The highest BCUT2D eigenvalue weighted by molar-refractivity contribution is 7.90. The zero-order chi connectivity index (χ0) is 16.2. The third-order valence-electron chi connectivity index (χ3n) is 2.53. The number of hydrogen-bond donors (Lipinski definition) is 0. The Kier molecular flexibility index (Phi) is 5.85. The van der Waals surface area contributed by atoms with Gasteiger partial charge in [-0.05, 0) is 6.92 Å². The lowest BCUT2D eigenvalue weighted by molar-refractivity contribution is 0.0517. The first-order chi connectivity index (χ1) is 9.65. The predicted octanol–water partition coefficient (Wildman–Crippen LogP) is 1.00. The summed E-state index contributed by atoms with van der Waals surface area (Å²) in [5.41, 5.74) is -0.0180. The Bertz CT molecular complexity index is 636. The van der Waals surface area contributed by atoms with Gasteiger partial charge in [0.25, 0.3) is 0 Å². The van der Waals surface area contributed by atoms with Crippen molar-refractivity contribution < 1.29 is 22.7 Å². The van der Waals surface area contributed by atoms with Gasteiger partial charge in [-0.2, -0.15) is 0 Å². The first-order valence-corrected chi connectivity index (χ1v) is 9.11. The number of hydrogen-bond acceptors (Lipinski definition) is 8. The zero-order valence-electron chi connectivity index (χ0n) is 12.4. The van der Waals surface area contributed by atoms with E-state index >= 15 is 0 Å². The fourth-order valence-corrected chi connectivity index (χ4v) is 2.99. The van der Waals surface area contributed by atoms with Crippen molar-refractivity contribution in [2.75, 3.05) is 37.1 Å². The maximum absolute atomic E-state index is 11.8. The van der Waals surface area contributed by atoms with E-state index < -0.39 is 15.8 Å². The fraction of sp³-hybridized carbons (Fsp3) is 0.583. The summed E-state index contributed by atoms with van der Waals surface area (Å²) in [5.74, 6) is -0.965. The van der Waals surface area contributed by atoms with Gasteiger partial charge in [0.2, 0.25) is 0 Å². The molecule has 0 fully saturated rings. The summed E-state index contributed by atoms with van der Waals surface area (Å²) in [6, 6.07) is 0. The Morgan fingerprint density at radius 1 is 1.38 bits per heavy atom. The van der Waals surface area contributed by atoms with Gasteiger partial charge in [0.05, 0.1) is 12.4 Å². The van der Waals surface area contributed by atoms with E-state index in [1.54, 1.807) is 18.9 Å². The van der Waals surface area contributed by atoms with Crippen LogP contribution < -0.4 is 4.90 Å².